The van der Waals surface area contributed by atoms with Crippen molar-refractivity contribution in [1.29, 1.82) is 0 Å². The van der Waals surface area contributed by atoms with Gasteiger partial charge in [-0.1, -0.05) is 30.3 Å². The number of ether oxygens (including phenoxy) is 4. The summed E-state index contributed by atoms with van der Waals surface area (Å²) >= 11 is 0. The number of benzene rings is 3. The van der Waals surface area contributed by atoms with Crippen LogP contribution in [-0.2, 0) is 16.0 Å². The van der Waals surface area contributed by atoms with Crippen molar-refractivity contribution in [2.45, 2.75) is 12.5 Å². The number of allylic oxidation sites excluding steroid dienone is 1. The molecule has 0 aliphatic carbocycles. The van der Waals surface area contributed by atoms with Gasteiger partial charge in [0.25, 0.3) is 5.91 Å². The summed E-state index contributed by atoms with van der Waals surface area (Å²) in [5.41, 5.74) is 1.77. The summed E-state index contributed by atoms with van der Waals surface area (Å²) in [5.74, 6) is -0.222. The third-order valence-electron chi connectivity index (χ3n) is 5.65. The zero-order valence-electron chi connectivity index (χ0n) is 20.2. The summed E-state index contributed by atoms with van der Waals surface area (Å²) in [6.07, 6.45) is 1.72. The summed E-state index contributed by atoms with van der Waals surface area (Å²) in [6.45, 7) is -0.406. The molecule has 190 valence electrons. The maximum Gasteiger partial charge on any atom is 0.326 e. The van der Waals surface area contributed by atoms with Crippen LogP contribution in [-0.4, -0.2) is 49.6 Å². The maximum absolute atomic E-state index is 12.8. The van der Waals surface area contributed by atoms with Crippen molar-refractivity contribution >= 4 is 23.7 Å². The van der Waals surface area contributed by atoms with E-state index in [1.54, 1.807) is 67.8 Å². The fourth-order valence-electron chi connectivity index (χ4n) is 3.77. The molecule has 0 bridgehead atoms. The first kappa shape index (κ1) is 25.3. The van der Waals surface area contributed by atoms with E-state index in [0.717, 1.165) is 5.56 Å². The summed E-state index contributed by atoms with van der Waals surface area (Å²) in [4.78, 5) is 36.8. The molecule has 0 saturated carbocycles. The van der Waals surface area contributed by atoms with Crippen LogP contribution in [0.1, 0.15) is 21.5 Å². The summed E-state index contributed by atoms with van der Waals surface area (Å²) in [7, 11) is 3.06. The zero-order chi connectivity index (χ0) is 26.4. The normalized spacial score (nSPS) is 13.9. The number of ketones is 1. The van der Waals surface area contributed by atoms with Crippen LogP contribution in [0.25, 0.3) is 6.08 Å². The molecule has 1 aliphatic heterocycles. The standard InChI is InChI=1S/C28H25NO8/c1-34-19-9-8-18(23(14-19)35-2)13-25-27(31)21-11-10-20(15-24(21)37-25)36-16-26(30)29-22(28(32)33)12-17-6-4-3-5-7-17/h3-11,13-15,22H,12,16H2,1-2H3,(H,29,30)(H,32,33). The Hall–Kier alpha value is -4.79. The molecule has 1 heterocycles. The molecule has 0 fully saturated rings. The van der Waals surface area contributed by atoms with Gasteiger partial charge in [-0.2, -0.15) is 0 Å². The van der Waals surface area contributed by atoms with Crippen LogP contribution < -0.4 is 24.3 Å². The van der Waals surface area contributed by atoms with Gasteiger partial charge in [-0.3, -0.25) is 9.59 Å². The molecule has 3 aromatic rings. The molecular formula is C28H25NO8. The van der Waals surface area contributed by atoms with Crippen LogP contribution in [0.5, 0.6) is 23.0 Å². The lowest BCUT2D eigenvalue weighted by atomic mass is 10.1. The van der Waals surface area contributed by atoms with Crippen LogP contribution in [0, 0.1) is 0 Å². The van der Waals surface area contributed by atoms with Crippen LogP contribution in [0.15, 0.2) is 72.5 Å². The molecule has 1 atom stereocenters. The van der Waals surface area contributed by atoms with Crippen molar-refractivity contribution in [2.24, 2.45) is 0 Å². The molecular weight excluding hydrogens is 478 g/mol. The van der Waals surface area contributed by atoms with Crippen LogP contribution in [0.2, 0.25) is 0 Å². The van der Waals surface area contributed by atoms with E-state index >= 15 is 0 Å². The third kappa shape index (κ3) is 6.07. The largest absolute Gasteiger partial charge is 0.497 e. The molecule has 0 saturated heterocycles. The molecule has 1 aliphatic rings. The number of methoxy groups -OCH3 is 2. The number of carbonyl (C=O) groups excluding carboxylic acids is 2. The summed E-state index contributed by atoms with van der Waals surface area (Å²) in [5, 5.41) is 11.9. The Morgan fingerprint density at radius 3 is 2.46 bits per heavy atom. The number of hydrogen-bond donors (Lipinski definition) is 2. The lowest BCUT2D eigenvalue weighted by molar-refractivity contribution is -0.142. The molecule has 3 aromatic carbocycles. The number of carboxylic acids is 1. The second-order valence-electron chi connectivity index (χ2n) is 8.14. The van der Waals surface area contributed by atoms with Crippen molar-refractivity contribution in [1.82, 2.24) is 5.32 Å². The number of rotatable bonds is 10. The van der Waals surface area contributed by atoms with Gasteiger partial charge in [0.15, 0.2) is 12.4 Å². The van der Waals surface area contributed by atoms with E-state index in [0.29, 0.717) is 28.4 Å². The molecule has 0 radical (unpaired) electrons. The second kappa shape index (κ2) is 11.3. The fourth-order valence-corrected chi connectivity index (χ4v) is 3.77. The van der Waals surface area contributed by atoms with Gasteiger partial charge < -0.3 is 29.4 Å². The maximum atomic E-state index is 12.8. The van der Waals surface area contributed by atoms with Gasteiger partial charge in [-0.25, -0.2) is 4.79 Å². The van der Waals surface area contributed by atoms with E-state index in [2.05, 4.69) is 5.32 Å². The number of aliphatic carboxylic acids is 1. The summed E-state index contributed by atoms with van der Waals surface area (Å²) < 4.78 is 21.8. The first-order valence-corrected chi connectivity index (χ1v) is 11.4. The number of hydrogen-bond acceptors (Lipinski definition) is 7. The molecule has 4 rings (SSSR count). The molecule has 1 unspecified atom stereocenters. The Morgan fingerprint density at radius 2 is 1.76 bits per heavy atom. The van der Waals surface area contributed by atoms with Gasteiger partial charge >= 0.3 is 5.97 Å². The monoisotopic (exact) mass is 503 g/mol. The third-order valence-corrected chi connectivity index (χ3v) is 5.65. The lowest BCUT2D eigenvalue weighted by Gasteiger charge is -2.15. The minimum absolute atomic E-state index is 0.110. The van der Waals surface area contributed by atoms with Crippen molar-refractivity contribution in [2.75, 3.05) is 20.8 Å². The minimum atomic E-state index is -1.14. The number of amides is 1. The Bertz CT molecular complexity index is 1350. The molecule has 1 amide bonds. The molecule has 9 nitrogen and oxygen atoms in total. The Kier molecular flexibility index (Phi) is 7.73. The number of carbonyl (C=O) groups is 3. The van der Waals surface area contributed by atoms with E-state index in [1.807, 2.05) is 6.07 Å². The molecule has 2 N–H and O–H groups in total. The number of fused-ring (bicyclic) bond motifs is 1. The fraction of sp³-hybridized carbons (Fsp3) is 0.179. The Balaban J connectivity index is 1.40. The van der Waals surface area contributed by atoms with E-state index < -0.39 is 24.5 Å². The van der Waals surface area contributed by atoms with Crippen LogP contribution >= 0.6 is 0 Å². The van der Waals surface area contributed by atoms with Crippen molar-refractivity contribution in [3.63, 3.8) is 0 Å². The molecule has 0 aromatic heterocycles. The highest BCUT2D eigenvalue weighted by atomic mass is 16.5. The van der Waals surface area contributed by atoms with Gasteiger partial charge in [-0.05, 0) is 35.9 Å². The van der Waals surface area contributed by atoms with Gasteiger partial charge in [0.1, 0.15) is 29.0 Å². The average molecular weight is 504 g/mol. The van der Waals surface area contributed by atoms with E-state index in [1.165, 1.54) is 13.2 Å². The first-order valence-electron chi connectivity index (χ1n) is 11.4. The van der Waals surface area contributed by atoms with Crippen molar-refractivity contribution < 1.29 is 38.4 Å². The van der Waals surface area contributed by atoms with Gasteiger partial charge in [-0.15, -0.1) is 0 Å². The van der Waals surface area contributed by atoms with Gasteiger partial charge in [0, 0.05) is 24.1 Å². The van der Waals surface area contributed by atoms with Gasteiger partial charge in [0.2, 0.25) is 5.78 Å². The Labute approximate surface area is 213 Å². The SMILES string of the molecule is COc1ccc(C=C2Oc3cc(OCC(=O)NC(Cc4ccccc4)C(=O)O)ccc3C2=O)c(OC)c1. The minimum Gasteiger partial charge on any atom is -0.497 e. The summed E-state index contributed by atoms with van der Waals surface area (Å²) in [6, 6.07) is 17.7. The molecule has 37 heavy (non-hydrogen) atoms. The van der Waals surface area contributed by atoms with Gasteiger partial charge in [0.05, 0.1) is 19.8 Å². The number of Topliss-reactive ketones (excluding diaryl/α,β-unsaturated/α-hetero) is 1. The van der Waals surface area contributed by atoms with Crippen LogP contribution in [0.3, 0.4) is 0 Å². The first-order chi connectivity index (χ1) is 17.9. The van der Waals surface area contributed by atoms with Crippen LogP contribution in [0.4, 0.5) is 0 Å². The lowest BCUT2D eigenvalue weighted by Crippen LogP contribution is -2.44. The smallest absolute Gasteiger partial charge is 0.326 e. The van der Waals surface area contributed by atoms with Crippen molar-refractivity contribution in [3.8, 4) is 23.0 Å². The molecule has 9 heteroatoms. The second-order valence-corrected chi connectivity index (χ2v) is 8.14. The highest BCUT2D eigenvalue weighted by molar-refractivity contribution is 6.14. The average Bonchev–Trinajstić information content (AvgIpc) is 3.22. The quantitative estimate of drug-likeness (QED) is 0.404. The number of carboxylic acid groups (broad SMARTS) is 1. The van der Waals surface area contributed by atoms with E-state index in [9.17, 15) is 19.5 Å². The Morgan fingerprint density at radius 1 is 1.00 bits per heavy atom. The van der Waals surface area contributed by atoms with E-state index in [-0.39, 0.29) is 23.7 Å². The highest BCUT2D eigenvalue weighted by Gasteiger charge is 2.28. The van der Waals surface area contributed by atoms with Crippen molar-refractivity contribution in [3.05, 3.63) is 89.2 Å². The number of nitrogens with one attached hydrogen (secondary N) is 1. The highest BCUT2D eigenvalue weighted by Crippen LogP contribution is 2.36. The topological polar surface area (TPSA) is 120 Å². The zero-order valence-corrected chi connectivity index (χ0v) is 20.2. The molecule has 0 spiro atoms. The predicted molar refractivity (Wildman–Crippen MR) is 134 cm³/mol. The van der Waals surface area contributed by atoms with E-state index in [4.69, 9.17) is 18.9 Å². The predicted octanol–water partition coefficient (Wildman–Crippen LogP) is 3.51.